The minimum Gasteiger partial charge on any atom is -0.472 e. The molecule has 1 amide bonds. The van der Waals surface area contributed by atoms with Crippen molar-refractivity contribution in [3.63, 3.8) is 0 Å². The lowest BCUT2D eigenvalue weighted by molar-refractivity contribution is 0.127. The molecular weight excluding hydrogens is 346 g/mol. The largest absolute Gasteiger partial charge is 0.472 e. The van der Waals surface area contributed by atoms with Crippen LogP contribution in [0.4, 0.5) is 4.79 Å². The average Bonchev–Trinajstić information content (AvgIpc) is 3.10. The predicted octanol–water partition coefficient (Wildman–Crippen LogP) is 3.58. The van der Waals surface area contributed by atoms with E-state index in [1.54, 1.807) is 53.3 Å². The third-order valence-corrected chi connectivity index (χ3v) is 3.55. The summed E-state index contributed by atoms with van der Waals surface area (Å²) in [7, 11) is 0. The molecule has 0 saturated carbocycles. The number of hydrogen-bond donors (Lipinski definition) is 2. The van der Waals surface area contributed by atoms with Crippen molar-refractivity contribution < 1.29 is 19.5 Å². The zero-order valence-electron chi connectivity index (χ0n) is 12.9. The number of carbonyl (C=O) groups excluding carboxylic acids is 1. The Kier molecular flexibility index (Phi) is 5.17. The Hall–Kier alpha value is -3.03. The summed E-state index contributed by atoms with van der Waals surface area (Å²) in [6.07, 6.45) is 0.791. The van der Waals surface area contributed by atoms with Crippen LogP contribution in [0.25, 0.3) is 5.69 Å². The molecule has 0 aliphatic heterocycles. The van der Waals surface area contributed by atoms with Gasteiger partial charge in [-0.05, 0) is 30.3 Å². The van der Waals surface area contributed by atoms with E-state index in [9.17, 15) is 4.79 Å². The summed E-state index contributed by atoms with van der Waals surface area (Å²) in [4.78, 5) is 11.1. The standard InChI is InChI=1S/C17H14ClN3O4/c18-13-5-7-14(8-6-13)21-10-9-16(19-21)24-11-12-3-1-2-4-15(12)25-17(22)20-23/h1-10,23H,11H2,(H,20,22). The van der Waals surface area contributed by atoms with Crippen molar-refractivity contribution in [1.82, 2.24) is 15.3 Å². The number of amides is 1. The first-order valence-corrected chi connectivity index (χ1v) is 7.68. The molecule has 2 aromatic carbocycles. The SMILES string of the molecule is O=C(NO)Oc1ccccc1COc1ccn(-c2ccc(Cl)cc2)n1. The van der Waals surface area contributed by atoms with Crippen LogP contribution in [0.3, 0.4) is 0 Å². The second-order valence-electron chi connectivity index (χ2n) is 4.97. The molecule has 0 bridgehead atoms. The van der Waals surface area contributed by atoms with E-state index in [4.69, 9.17) is 26.3 Å². The number of aromatic nitrogens is 2. The van der Waals surface area contributed by atoms with Crippen molar-refractivity contribution in [3.05, 3.63) is 71.4 Å². The Balaban J connectivity index is 1.68. The molecular formula is C17H14ClN3O4. The molecule has 0 spiro atoms. The van der Waals surface area contributed by atoms with Crippen molar-refractivity contribution in [2.24, 2.45) is 0 Å². The average molecular weight is 360 g/mol. The number of benzene rings is 2. The zero-order valence-corrected chi connectivity index (χ0v) is 13.7. The summed E-state index contributed by atoms with van der Waals surface area (Å²) in [5, 5.41) is 13.5. The Morgan fingerprint density at radius 1 is 1.16 bits per heavy atom. The second kappa shape index (κ2) is 7.69. The number of rotatable bonds is 5. The summed E-state index contributed by atoms with van der Waals surface area (Å²) >= 11 is 5.87. The van der Waals surface area contributed by atoms with Gasteiger partial charge in [0.2, 0.25) is 5.88 Å². The highest BCUT2D eigenvalue weighted by Crippen LogP contribution is 2.21. The second-order valence-corrected chi connectivity index (χ2v) is 5.41. The van der Waals surface area contributed by atoms with Gasteiger partial charge in [-0.2, -0.15) is 0 Å². The van der Waals surface area contributed by atoms with E-state index in [0.29, 0.717) is 16.5 Å². The topological polar surface area (TPSA) is 85.6 Å². The fourth-order valence-electron chi connectivity index (χ4n) is 2.12. The number of halogens is 1. The maximum atomic E-state index is 11.1. The van der Waals surface area contributed by atoms with Gasteiger partial charge >= 0.3 is 6.09 Å². The molecule has 7 nitrogen and oxygen atoms in total. The molecule has 128 valence electrons. The highest BCUT2D eigenvalue weighted by Gasteiger charge is 2.09. The summed E-state index contributed by atoms with van der Waals surface area (Å²) in [6, 6.07) is 15.8. The molecule has 0 aliphatic carbocycles. The van der Waals surface area contributed by atoms with Gasteiger partial charge in [-0.3, -0.25) is 5.21 Å². The fraction of sp³-hybridized carbons (Fsp3) is 0.0588. The van der Waals surface area contributed by atoms with E-state index in [1.807, 2.05) is 12.1 Å². The van der Waals surface area contributed by atoms with E-state index in [2.05, 4.69) is 5.10 Å². The van der Waals surface area contributed by atoms with Crippen LogP contribution in [0.15, 0.2) is 60.8 Å². The van der Waals surface area contributed by atoms with Gasteiger partial charge in [-0.25, -0.2) is 15.0 Å². The molecule has 0 radical (unpaired) electrons. The number of ether oxygens (including phenoxy) is 2. The van der Waals surface area contributed by atoms with Gasteiger partial charge in [0.05, 0.1) is 5.69 Å². The van der Waals surface area contributed by atoms with Crippen LogP contribution in [0.2, 0.25) is 5.02 Å². The quantitative estimate of drug-likeness (QED) is 0.537. The number of nitrogens with zero attached hydrogens (tertiary/aromatic N) is 2. The predicted molar refractivity (Wildman–Crippen MR) is 90.3 cm³/mol. The Morgan fingerprint density at radius 2 is 1.92 bits per heavy atom. The van der Waals surface area contributed by atoms with Crippen LogP contribution in [0.5, 0.6) is 11.6 Å². The van der Waals surface area contributed by atoms with Crippen LogP contribution in [0, 0.1) is 0 Å². The lowest BCUT2D eigenvalue weighted by Crippen LogP contribution is -2.23. The lowest BCUT2D eigenvalue weighted by atomic mass is 10.2. The third kappa shape index (κ3) is 4.28. The molecule has 25 heavy (non-hydrogen) atoms. The molecule has 0 aliphatic rings. The molecule has 2 N–H and O–H groups in total. The van der Waals surface area contributed by atoms with Crippen LogP contribution >= 0.6 is 11.6 Å². The smallest absolute Gasteiger partial charge is 0.436 e. The van der Waals surface area contributed by atoms with Crippen LogP contribution in [-0.4, -0.2) is 21.1 Å². The highest BCUT2D eigenvalue weighted by atomic mass is 35.5. The number of hydrogen-bond acceptors (Lipinski definition) is 5. The fourth-order valence-corrected chi connectivity index (χ4v) is 2.24. The van der Waals surface area contributed by atoms with Crippen LogP contribution in [0.1, 0.15) is 5.56 Å². The van der Waals surface area contributed by atoms with Crippen molar-refractivity contribution in [2.45, 2.75) is 6.61 Å². The van der Waals surface area contributed by atoms with Crippen molar-refractivity contribution in [1.29, 1.82) is 0 Å². The Labute approximate surface area is 148 Å². The van der Waals surface area contributed by atoms with Crippen molar-refractivity contribution in [3.8, 4) is 17.3 Å². The lowest BCUT2D eigenvalue weighted by Gasteiger charge is -2.09. The first-order chi connectivity index (χ1) is 12.2. The molecule has 3 aromatic rings. The zero-order chi connectivity index (χ0) is 17.6. The number of carbonyl (C=O) groups is 1. The number of hydroxylamine groups is 1. The van der Waals surface area contributed by atoms with Gasteiger partial charge in [0.15, 0.2) is 0 Å². The van der Waals surface area contributed by atoms with E-state index >= 15 is 0 Å². The minimum absolute atomic E-state index is 0.145. The monoisotopic (exact) mass is 359 g/mol. The summed E-state index contributed by atoms with van der Waals surface area (Å²) in [6.45, 7) is 0.145. The number of para-hydroxylation sites is 1. The van der Waals surface area contributed by atoms with E-state index in [1.165, 1.54) is 5.48 Å². The molecule has 1 aromatic heterocycles. The summed E-state index contributed by atoms with van der Waals surface area (Å²) in [5.74, 6) is 0.697. The molecule has 0 atom stereocenters. The Morgan fingerprint density at radius 3 is 2.68 bits per heavy atom. The third-order valence-electron chi connectivity index (χ3n) is 3.30. The minimum atomic E-state index is -0.973. The molecule has 0 fully saturated rings. The summed E-state index contributed by atoms with van der Waals surface area (Å²) < 4.78 is 12.3. The van der Waals surface area contributed by atoms with Gasteiger partial charge in [0.1, 0.15) is 12.4 Å². The Bertz CT molecular complexity index is 864. The molecule has 1 heterocycles. The van der Waals surface area contributed by atoms with E-state index < -0.39 is 6.09 Å². The normalized spacial score (nSPS) is 10.3. The summed E-state index contributed by atoms with van der Waals surface area (Å²) in [5.41, 5.74) is 2.89. The van der Waals surface area contributed by atoms with Crippen molar-refractivity contribution >= 4 is 17.7 Å². The van der Waals surface area contributed by atoms with Crippen molar-refractivity contribution in [2.75, 3.05) is 0 Å². The van der Waals surface area contributed by atoms with Gasteiger partial charge in [-0.15, -0.1) is 5.10 Å². The van der Waals surface area contributed by atoms with Crippen LogP contribution < -0.4 is 15.0 Å². The maximum Gasteiger partial charge on any atom is 0.436 e. The molecule has 0 saturated heterocycles. The van der Waals surface area contributed by atoms with Gasteiger partial charge in [0, 0.05) is 22.8 Å². The first kappa shape index (κ1) is 16.8. The van der Waals surface area contributed by atoms with Crippen LogP contribution in [-0.2, 0) is 6.61 Å². The van der Waals surface area contributed by atoms with Gasteiger partial charge < -0.3 is 9.47 Å². The highest BCUT2D eigenvalue weighted by molar-refractivity contribution is 6.30. The molecule has 0 unspecified atom stereocenters. The molecule has 3 rings (SSSR count). The van der Waals surface area contributed by atoms with Gasteiger partial charge in [0.25, 0.3) is 0 Å². The first-order valence-electron chi connectivity index (χ1n) is 7.30. The van der Waals surface area contributed by atoms with Gasteiger partial charge in [-0.1, -0.05) is 29.8 Å². The maximum absolute atomic E-state index is 11.1. The van der Waals surface area contributed by atoms with E-state index in [-0.39, 0.29) is 12.4 Å². The van der Waals surface area contributed by atoms with E-state index in [0.717, 1.165) is 5.69 Å². The molecule has 8 heteroatoms. The number of nitrogens with one attached hydrogen (secondary N) is 1.